The molecule has 0 aliphatic carbocycles. The first-order valence-electron chi connectivity index (χ1n) is 6.32. The van der Waals surface area contributed by atoms with E-state index >= 15 is 0 Å². The van der Waals surface area contributed by atoms with Crippen molar-refractivity contribution in [3.8, 4) is 0 Å². The van der Waals surface area contributed by atoms with Crippen molar-refractivity contribution < 1.29 is 5.11 Å². The zero-order valence-corrected chi connectivity index (χ0v) is 12.0. The molecule has 3 nitrogen and oxygen atoms in total. The lowest BCUT2D eigenvalue weighted by Gasteiger charge is -2.13. The van der Waals surface area contributed by atoms with Crippen molar-refractivity contribution in [3.63, 3.8) is 0 Å². The molecule has 1 atom stereocenters. The molecule has 0 aromatic carbocycles. The van der Waals surface area contributed by atoms with Crippen molar-refractivity contribution in [3.05, 3.63) is 16.1 Å². The van der Waals surface area contributed by atoms with Crippen molar-refractivity contribution in [1.82, 2.24) is 10.3 Å². The standard InChI is InChI=1S/C13H24N2OS/c1-9(2)5-11(16)6-14-7-12-8-15-13(17-12)10(3)4/h8-11,14,16H,5-7H2,1-4H3. The molecule has 1 heterocycles. The van der Waals surface area contributed by atoms with E-state index in [1.165, 1.54) is 9.88 Å². The third-order valence-corrected chi connectivity index (χ3v) is 3.79. The summed E-state index contributed by atoms with van der Waals surface area (Å²) in [5, 5.41) is 14.2. The van der Waals surface area contributed by atoms with E-state index in [0.29, 0.717) is 18.4 Å². The first-order chi connectivity index (χ1) is 7.99. The number of aliphatic hydroxyl groups is 1. The van der Waals surface area contributed by atoms with Crippen LogP contribution in [0.1, 0.15) is 49.9 Å². The van der Waals surface area contributed by atoms with Gasteiger partial charge in [0.05, 0.1) is 11.1 Å². The molecule has 0 saturated heterocycles. The summed E-state index contributed by atoms with van der Waals surface area (Å²) in [7, 11) is 0. The second-order valence-electron chi connectivity index (χ2n) is 5.23. The van der Waals surface area contributed by atoms with Crippen LogP contribution in [0, 0.1) is 5.92 Å². The maximum Gasteiger partial charge on any atom is 0.0953 e. The topological polar surface area (TPSA) is 45.1 Å². The van der Waals surface area contributed by atoms with Gasteiger partial charge in [0.25, 0.3) is 0 Å². The molecule has 0 aliphatic heterocycles. The van der Waals surface area contributed by atoms with Gasteiger partial charge in [0, 0.05) is 30.1 Å². The first-order valence-corrected chi connectivity index (χ1v) is 7.14. The molecule has 1 rings (SSSR count). The van der Waals surface area contributed by atoms with Crippen molar-refractivity contribution >= 4 is 11.3 Å². The fraction of sp³-hybridized carbons (Fsp3) is 0.769. The number of aromatic nitrogens is 1. The summed E-state index contributed by atoms with van der Waals surface area (Å²) in [5.41, 5.74) is 0. The number of hydrogen-bond donors (Lipinski definition) is 2. The van der Waals surface area contributed by atoms with Gasteiger partial charge in [0.1, 0.15) is 0 Å². The Kier molecular flexibility index (Phi) is 6.09. The van der Waals surface area contributed by atoms with E-state index < -0.39 is 0 Å². The second-order valence-corrected chi connectivity index (χ2v) is 6.38. The lowest BCUT2D eigenvalue weighted by molar-refractivity contribution is 0.146. The van der Waals surface area contributed by atoms with Crippen LogP contribution in [-0.4, -0.2) is 22.7 Å². The Morgan fingerprint density at radius 3 is 2.59 bits per heavy atom. The zero-order valence-electron chi connectivity index (χ0n) is 11.2. The lowest BCUT2D eigenvalue weighted by Crippen LogP contribution is -2.27. The molecule has 2 N–H and O–H groups in total. The van der Waals surface area contributed by atoms with Gasteiger partial charge in [0.15, 0.2) is 0 Å². The SMILES string of the molecule is CC(C)CC(O)CNCc1cnc(C(C)C)s1. The highest BCUT2D eigenvalue weighted by atomic mass is 32.1. The fourth-order valence-electron chi connectivity index (χ4n) is 1.66. The van der Waals surface area contributed by atoms with Gasteiger partial charge in [-0.15, -0.1) is 11.3 Å². The number of nitrogens with zero attached hydrogens (tertiary/aromatic N) is 1. The monoisotopic (exact) mass is 256 g/mol. The van der Waals surface area contributed by atoms with Crippen LogP contribution in [0.15, 0.2) is 6.20 Å². The van der Waals surface area contributed by atoms with E-state index in [-0.39, 0.29) is 6.10 Å². The van der Waals surface area contributed by atoms with Crippen LogP contribution in [0.25, 0.3) is 0 Å². The summed E-state index contributed by atoms with van der Waals surface area (Å²) in [6, 6.07) is 0. The molecule has 98 valence electrons. The second kappa shape index (κ2) is 7.09. The normalized spacial score (nSPS) is 13.6. The lowest BCUT2D eigenvalue weighted by atomic mass is 10.1. The highest BCUT2D eigenvalue weighted by Crippen LogP contribution is 2.20. The highest BCUT2D eigenvalue weighted by Gasteiger charge is 2.08. The van der Waals surface area contributed by atoms with Gasteiger partial charge in [-0.3, -0.25) is 0 Å². The molecule has 0 radical (unpaired) electrons. The molecule has 1 aromatic heterocycles. The van der Waals surface area contributed by atoms with E-state index in [4.69, 9.17) is 0 Å². The molecule has 0 aliphatic rings. The number of nitrogens with one attached hydrogen (secondary N) is 1. The third kappa shape index (κ3) is 5.61. The minimum Gasteiger partial charge on any atom is -0.392 e. The van der Waals surface area contributed by atoms with Crippen LogP contribution in [0.3, 0.4) is 0 Å². The Morgan fingerprint density at radius 1 is 1.35 bits per heavy atom. The van der Waals surface area contributed by atoms with E-state index in [1.807, 2.05) is 6.20 Å². The molecule has 0 amide bonds. The number of thiazole rings is 1. The maximum atomic E-state index is 9.72. The van der Waals surface area contributed by atoms with Crippen LogP contribution >= 0.6 is 11.3 Å². The molecule has 0 fully saturated rings. The Morgan fingerprint density at radius 2 is 2.06 bits per heavy atom. The summed E-state index contributed by atoms with van der Waals surface area (Å²) in [5.74, 6) is 1.04. The van der Waals surface area contributed by atoms with E-state index in [0.717, 1.165) is 13.0 Å². The van der Waals surface area contributed by atoms with Crippen LogP contribution in [0.4, 0.5) is 0 Å². The zero-order chi connectivity index (χ0) is 12.8. The Bertz CT molecular complexity index is 323. The van der Waals surface area contributed by atoms with E-state index in [2.05, 4.69) is 38.0 Å². The third-order valence-electron chi connectivity index (χ3n) is 2.49. The number of aliphatic hydroxyl groups excluding tert-OH is 1. The molecule has 1 aromatic rings. The molecule has 0 saturated carbocycles. The van der Waals surface area contributed by atoms with E-state index in [1.54, 1.807) is 11.3 Å². The first kappa shape index (κ1) is 14.6. The highest BCUT2D eigenvalue weighted by molar-refractivity contribution is 7.11. The van der Waals surface area contributed by atoms with Crippen molar-refractivity contribution in [2.75, 3.05) is 6.54 Å². The average Bonchev–Trinajstić information content (AvgIpc) is 2.65. The van der Waals surface area contributed by atoms with Gasteiger partial charge >= 0.3 is 0 Å². The molecular formula is C13H24N2OS. The molecule has 0 bridgehead atoms. The van der Waals surface area contributed by atoms with Gasteiger partial charge < -0.3 is 10.4 Å². The summed E-state index contributed by atoms with van der Waals surface area (Å²) < 4.78 is 0. The van der Waals surface area contributed by atoms with Gasteiger partial charge in [-0.1, -0.05) is 27.7 Å². The molecule has 17 heavy (non-hydrogen) atoms. The van der Waals surface area contributed by atoms with E-state index in [9.17, 15) is 5.11 Å². The molecule has 1 unspecified atom stereocenters. The Hall–Kier alpha value is -0.450. The van der Waals surface area contributed by atoms with Crippen LogP contribution in [-0.2, 0) is 6.54 Å². The maximum absolute atomic E-state index is 9.72. The van der Waals surface area contributed by atoms with Crippen molar-refractivity contribution in [2.45, 2.75) is 52.7 Å². The Labute approximate surface area is 108 Å². The van der Waals surface area contributed by atoms with Crippen molar-refractivity contribution in [2.24, 2.45) is 5.92 Å². The number of hydrogen-bond acceptors (Lipinski definition) is 4. The molecule has 0 spiro atoms. The molecular weight excluding hydrogens is 232 g/mol. The summed E-state index contributed by atoms with van der Waals surface area (Å²) in [6.45, 7) is 10.0. The smallest absolute Gasteiger partial charge is 0.0953 e. The Balaban J connectivity index is 2.26. The summed E-state index contributed by atoms with van der Waals surface area (Å²) >= 11 is 1.75. The largest absolute Gasteiger partial charge is 0.392 e. The number of rotatable bonds is 7. The van der Waals surface area contributed by atoms with Crippen LogP contribution < -0.4 is 5.32 Å². The average molecular weight is 256 g/mol. The minimum atomic E-state index is -0.243. The summed E-state index contributed by atoms with van der Waals surface area (Å²) in [6.07, 6.45) is 2.54. The summed E-state index contributed by atoms with van der Waals surface area (Å²) in [4.78, 5) is 5.62. The fourth-order valence-corrected chi connectivity index (χ4v) is 2.55. The van der Waals surface area contributed by atoms with Crippen LogP contribution in [0.2, 0.25) is 0 Å². The van der Waals surface area contributed by atoms with Gasteiger partial charge in [-0.25, -0.2) is 4.98 Å². The van der Waals surface area contributed by atoms with Crippen LogP contribution in [0.5, 0.6) is 0 Å². The van der Waals surface area contributed by atoms with Gasteiger partial charge in [-0.05, 0) is 12.3 Å². The van der Waals surface area contributed by atoms with Crippen molar-refractivity contribution in [1.29, 1.82) is 0 Å². The molecule has 4 heteroatoms. The quantitative estimate of drug-likeness (QED) is 0.788. The van der Waals surface area contributed by atoms with Gasteiger partial charge in [-0.2, -0.15) is 0 Å². The predicted molar refractivity (Wildman–Crippen MR) is 73.4 cm³/mol. The van der Waals surface area contributed by atoms with Gasteiger partial charge in [0.2, 0.25) is 0 Å². The predicted octanol–water partition coefficient (Wildman–Crippen LogP) is 2.76. The minimum absolute atomic E-state index is 0.243.